The minimum atomic E-state index is -0.724. The predicted molar refractivity (Wildman–Crippen MR) is 285 cm³/mol. The number of aromatic nitrogens is 2. The molecular formula is C56H67ClN6O10. The Morgan fingerprint density at radius 1 is 0.534 bits per heavy atom. The maximum atomic E-state index is 13.3. The number of rotatable bonds is 11. The smallest absolute Gasteiger partial charge is 0.407 e. The molecule has 4 aromatic carbocycles. The molecule has 17 heteroatoms. The van der Waals surface area contributed by atoms with E-state index in [4.69, 9.17) is 25.8 Å². The van der Waals surface area contributed by atoms with Gasteiger partial charge in [0.15, 0.2) is 0 Å². The molecule has 0 aliphatic heterocycles. The molecule has 0 fully saturated rings. The number of nitrogens with zero attached hydrogens (tertiary/aromatic N) is 2. The number of amides is 4. The molecule has 0 saturated carbocycles. The number of nitrogens with one attached hydrogen (secondary N) is 4. The second kappa shape index (κ2) is 25.2. The first-order chi connectivity index (χ1) is 34.0. The van der Waals surface area contributed by atoms with Crippen molar-refractivity contribution in [2.45, 2.75) is 106 Å². The average molecular weight is 1020 g/mol. The number of pyridine rings is 2. The second-order valence-electron chi connectivity index (χ2n) is 21.0. The third-order valence-corrected chi connectivity index (χ3v) is 10.7. The maximum absolute atomic E-state index is 13.3. The van der Waals surface area contributed by atoms with Gasteiger partial charge in [0, 0.05) is 65.4 Å². The van der Waals surface area contributed by atoms with Gasteiger partial charge >= 0.3 is 18.2 Å². The molecule has 0 aliphatic carbocycles. The van der Waals surface area contributed by atoms with Crippen molar-refractivity contribution in [1.82, 2.24) is 20.6 Å². The molecule has 0 saturated heterocycles. The predicted octanol–water partition coefficient (Wildman–Crippen LogP) is 11.4. The van der Waals surface area contributed by atoms with Crippen molar-refractivity contribution in [2.24, 2.45) is 10.8 Å². The van der Waals surface area contributed by atoms with E-state index in [1.54, 1.807) is 156 Å². The summed E-state index contributed by atoms with van der Waals surface area (Å²) in [6.07, 6.45) is 5.67. The first-order valence-electron chi connectivity index (χ1n) is 23.5. The number of halogens is 1. The fourth-order valence-electron chi connectivity index (χ4n) is 6.24. The molecule has 0 aliphatic rings. The van der Waals surface area contributed by atoms with Crippen LogP contribution in [0.15, 0.2) is 122 Å². The van der Waals surface area contributed by atoms with Gasteiger partial charge in [0.2, 0.25) is 17.1 Å². The van der Waals surface area contributed by atoms with Crippen molar-refractivity contribution in [3.05, 3.63) is 133 Å². The zero-order chi connectivity index (χ0) is 54.3. The summed E-state index contributed by atoms with van der Waals surface area (Å²) in [4.78, 5) is 81.3. The summed E-state index contributed by atoms with van der Waals surface area (Å²) in [5.41, 5.74) is 0.239. The van der Waals surface area contributed by atoms with Crippen LogP contribution < -0.4 is 26.0 Å². The van der Waals surface area contributed by atoms with Gasteiger partial charge < -0.3 is 40.6 Å². The number of hydrogen-bond donors (Lipinski definition) is 5. The Balaban J connectivity index is 0.000000283. The second-order valence-corrected chi connectivity index (χ2v) is 21.4. The summed E-state index contributed by atoms with van der Waals surface area (Å²) in [6, 6.07) is 27.8. The Bertz CT molecular complexity index is 2860. The summed E-state index contributed by atoms with van der Waals surface area (Å²) in [5.74, 6) is -1.88. The van der Waals surface area contributed by atoms with Gasteiger partial charge in [-0.05, 0) is 156 Å². The van der Waals surface area contributed by atoms with Crippen molar-refractivity contribution in [2.75, 3.05) is 23.7 Å². The number of phenols is 1. The number of phenolic OH excluding ortho intramolecular Hbond substituents is 1. The van der Waals surface area contributed by atoms with Crippen LogP contribution in [0, 0.1) is 10.8 Å². The Morgan fingerprint density at radius 2 is 0.918 bits per heavy atom. The quantitative estimate of drug-likeness (QED) is 0.0464. The van der Waals surface area contributed by atoms with E-state index < -0.39 is 40.6 Å². The molecule has 2 atom stereocenters. The number of aromatic hydroxyl groups is 1. The molecule has 2 heterocycles. The van der Waals surface area contributed by atoms with E-state index in [1.807, 2.05) is 36.4 Å². The third kappa shape index (κ3) is 19.9. The Hall–Kier alpha value is -7.59. The van der Waals surface area contributed by atoms with Crippen LogP contribution in [0.4, 0.5) is 21.0 Å². The first-order valence-corrected chi connectivity index (χ1v) is 23.9. The van der Waals surface area contributed by atoms with Crippen LogP contribution in [-0.2, 0) is 28.7 Å². The molecule has 4 amide bonds. The van der Waals surface area contributed by atoms with E-state index in [1.165, 1.54) is 12.1 Å². The van der Waals surface area contributed by atoms with Crippen LogP contribution in [0.3, 0.4) is 0 Å². The lowest BCUT2D eigenvalue weighted by atomic mass is 9.96. The molecule has 0 radical (unpaired) electrons. The van der Waals surface area contributed by atoms with Crippen molar-refractivity contribution < 1.29 is 48.1 Å². The number of ether oxygens (including phenoxy) is 3. The van der Waals surface area contributed by atoms with Crippen LogP contribution in [0.1, 0.15) is 106 Å². The average Bonchev–Trinajstić information content (AvgIpc) is 3.29. The van der Waals surface area contributed by atoms with Gasteiger partial charge in [-0.3, -0.25) is 29.1 Å². The first kappa shape index (κ1) is 58.0. The highest BCUT2D eigenvalue weighted by atomic mass is 35.5. The van der Waals surface area contributed by atoms with Gasteiger partial charge in [-0.1, -0.05) is 57.2 Å². The standard InChI is InChI=1S/C28H33N3O5.C23H25N3O4.C5H9ClO/c1-27(2,3)25(33)35-22-11-8-18(9-12-22)23(17-30-26(34)36-28(4,5)6)24(32)31-21-10-7-20-16-29-14-13-19(20)15-21;1-23(2,3)30-22(29)25-14-20(15-5-8-19(27)9-6-15)21(28)26-18-7-4-17-13-24-11-10-16(17)12-18;1-5(2,3)4(6)7/h7-16,23H,17H2,1-6H3,(H,30,34)(H,31,32);4-13,20,27H,14H2,1-3H3,(H,25,29)(H,26,28);1-3H3. The highest BCUT2D eigenvalue weighted by molar-refractivity contribution is 6.64. The number of anilines is 2. The minimum absolute atomic E-state index is 0.0133. The van der Waals surface area contributed by atoms with E-state index in [0.717, 1.165) is 21.5 Å². The number of carbonyl (C=O) groups is 6. The lowest BCUT2D eigenvalue weighted by molar-refractivity contribution is -0.143. The minimum Gasteiger partial charge on any atom is -0.508 e. The lowest BCUT2D eigenvalue weighted by Crippen LogP contribution is -2.37. The van der Waals surface area contributed by atoms with Crippen LogP contribution in [0.5, 0.6) is 11.5 Å². The zero-order valence-electron chi connectivity index (χ0n) is 43.5. The molecule has 6 rings (SSSR count). The van der Waals surface area contributed by atoms with Crippen LogP contribution in [0.2, 0.25) is 0 Å². The Morgan fingerprint density at radius 3 is 1.27 bits per heavy atom. The molecule has 16 nitrogen and oxygen atoms in total. The SMILES string of the molecule is CC(C)(C)C(=O)Cl.CC(C)(C)OC(=O)NCC(C(=O)Nc1ccc2cnccc2c1)c1ccc(O)cc1.CC(C)(C)OC(=O)NCC(C(=O)Nc1ccc2cnccc2c1)c1ccc(OC(=O)C(C)(C)C)cc1. The number of esters is 1. The molecule has 0 spiro atoms. The van der Waals surface area contributed by atoms with Gasteiger partial charge in [-0.25, -0.2) is 9.59 Å². The monoisotopic (exact) mass is 1020 g/mol. The lowest BCUT2D eigenvalue weighted by Gasteiger charge is -2.22. The summed E-state index contributed by atoms with van der Waals surface area (Å²) in [6.45, 7) is 21.3. The van der Waals surface area contributed by atoms with Gasteiger partial charge in [-0.15, -0.1) is 0 Å². The van der Waals surface area contributed by atoms with Crippen LogP contribution >= 0.6 is 11.6 Å². The van der Waals surface area contributed by atoms with Crippen molar-refractivity contribution >= 4 is 79.7 Å². The highest BCUT2D eigenvalue weighted by Gasteiger charge is 2.27. The fraction of sp³-hybridized carbons (Fsp3) is 0.357. The van der Waals surface area contributed by atoms with Gasteiger partial charge in [-0.2, -0.15) is 0 Å². The number of fused-ring (bicyclic) bond motifs is 2. The van der Waals surface area contributed by atoms with Gasteiger partial charge in [0.05, 0.1) is 17.3 Å². The van der Waals surface area contributed by atoms with E-state index >= 15 is 0 Å². The van der Waals surface area contributed by atoms with E-state index in [2.05, 4.69) is 31.2 Å². The third-order valence-electron chi connectivity index (χ3n) is 10.1. The zero-order valence-corrected chi connectivity index (χ0v) is 44.3. The maximum Gasteiger partial charge on any atom is 0.407 e. The number of carbonyl (C=O) groups excluding carboxylic acids is 6. The summed E-state index contributed by atoms with van der Waals surface area (Å²) >= 11 is 5.11. The molecule has 5 N–H and O–H groups in total. The molecule has 6 aromatic rings. The topological polar surface area (TPSA) is 224 Å². The van der Waals surface area contributed by atoms with Crippen molar-refractivity contribution in [3.8, 4) is 11.5 Å². The number of hydrogen-bond acceptors (Lipinski definition) is 12. The van der Waals surface area contributed by atoms with Crippen LogP contribution in [-0.4, -0.2) is 74.6 Å². The van der Waals surface area contributed by atoms with Gasteiger partial charge in [0.25, 0.3) is 0 Å². The molecule has 388 valence electrons. The molecular weight excluding hydrogens is 952 g/mol. The molecule has 2 unspecified atom stereocenters. The normalized spacial score (nSPS) is 12.3. The summed E-state index contributed by atoms with van der Waals surface area (Å²) < 4.78 is 16.0. The Kier molecular flexibility index (Phi) is 20.0. The van der Waals surface area contributed by atoms with Crippen molar-refractivity contribution in [1.29, 1.82) is 0 Å². The van der Waals surface area contributed by atoms with E-state index in [-0.39, 0.29) is 47.3 Å². The highest BCUT2D eigenvalue weighted by Crippen LogP contribution is 2.27. The number of alkyl carbamates (subject to hydrolysis) is 2. The van der Waals surface area contributed by atoms with Gasteiger partial charge in [0.1, 0.15) is 22.7 Å². The molecule has 2 aromatic heterocycles. The Labute approximate surface area is 432 Å². The largest absolute Gasteiger partial charge is 0.508 e. The summed E-state index contributed by atoms with van der Waals surface area (Å²) in [7, 11) is 0. The molecule has 73 heavy (non-hydrogen) atoms. The van der Waals surface area contributed by atoms with Crippen LogP contribution in [0.25, 0.3) is 21.5 Å². The van der Waals surface area contributed by atoms with E-state index in [0.29, 0.717) is 28.3 Å². The fourth-order valence-corrected chi connectivity index (χ4v) is 6.24. The number of benzene rings is 4. The van der Waals surface area contributed by atoms with Crippen molar-refractivity contribution in [3.63, 3.8) is 0 Å². The molecule has 0 bridgehead atoms. The van der Waals surface area contributed by atoms with E-state index in [9.17, 15) is 33.9 Å². The summed E-state index contributed by atoms with van der Waals surface area (Å²) in [5, 5.41) is 24.3.